The van der Waals surface area contributed by atoms with Gasteiger partial charge in [0.1, 0.15) is 5.82 Å². The number of sulfonamides is 1. The van der Waals surface area contributed by atoms with E-state index in [9.17, 15) is 17.6 Å². The van der Waals surface area contributed by atoms with Crippen molar-refractivity contribution in [3.63, 3.8) is 0 Å². The van der Waals surface area contributed by atoms with E-state index in [2.05, 4.69) is 4.72 Å². The predicted octanol–water partition coefficient (Wildman–Crippen LogP) is 2.69. The molecule has 1 atom stereocenters. The fraction of sp³-hybridized carbons (Fsp3) is 0.353. The van der Waals surface area contributed by atoms with Crippen LogP contribution in [0.4, 0.5) is 4.39 Å². The molecule has 0 saturated carbocycles. The van der Waals surface area contributed by atoms with Crippen LogP contribution >= 0.6 is 11.3 Å². The number of carbonyl (C=O) groups excluding carboxylic acids is 1. The number of halogens is 1. The molecule has 0 spiro atoms. The number of nitrogens with one attached hydrogen (secondary N) is 1. The van der Waals surface area contributed by atoms with E-state index in [-0.39, 0.29) is 29.0 Å². The van der Waals surface area contributed by atoms with Crippen molar-refractivity contribution in [2.45, 2.75) is 30.7 Å². The van der Waals surface area contributed by atoms with E-state index in [0.29, 0.717) is 35.6 Å². The number of ether oxygens (including phenoxy) is 1. The van der Waals surface area contributed by atoms with Crippen LogP contribution in [0.3, 0.4) is 0 Å². The van der Waals surface area contributed by atoms with E-state index in [1.165, 1.54) is 17.5 Å². The number of rotatable bonds is 6. The van der Waals surface area contributed by atoms with Crippen molar-refractivity contribution in [1.82, 2.24) is 4.72 Å². The van der Waals surface area contributed by atoms with Crippen LogP contribution in [0.15, 0.2) is 34.5 Å². The molecule has 1 aliphatic rings. The van der Waals surface area contributed by atoms with E-state index in [0.717, 1.165) is 11.3 Å². The van der Waals surface area contributed by atoms with Gasteiger partial charge < -0.3 is 4.74 Å². The lowest BCUT2D eigenvalue weighted by molar-refractivity contribution is 0.0996. The van der Waals surface area contributed by atoms with Gasteiger partial charge in [-0.15, -0.1) is 11.3 Å². The zero-order valence-electron chi connectivity index (χ0n) is 13.6. The van der Waals surface area contributed by atoms with Crippen molar-refractivity contribution in [1.29, 1.82) is 0 Å². The van der Waals surface area contributed by atoms with Crippen molar-refractivity contribution < 1.29 is 22.3 Å². The Morgan fingerprint density at radius 3 is 2.88 bits per heavy atom. The number of benzene rings is 1. The van der Waals surface area contributed by atoms with Crippen molar-refractivity contribution >= 4 is 27.1 Å². The summed E-state index contributed by atoms with van der Waals surface area (Å²) in [7, 11) is -3.66. The van der Waals surface area contributed by atoms with Crippen LogP contribution < -0.4 is 4.72 Å². The van der Waals surface area contributed by atoms with Crippen molar-refractivity contribution in [3.05, 3.63) is 51.5 Å². The Bertz CT molecular complexity index is 886. The third-order valence-electron chi connectivity index (χ3n) is 4.00. The highest BCUT2D eigenvalue weighted by molar-refractivity contribution is 7.89. The molecule has 1 aromatic carbocycles. The van der Waals surface area contributed by atoms with Gasteiger partial charge in [-0.05, 0) is 36.6 Å². The maximum Gasteiger partial charge on any atom is 0.241 e. The first-order chi connectivity index (χ1) is 11.8. The SMILES string of the molecule is Cc1cc(CC(=O)c2cc(S(=O)(=O)N[C@H]3CCOC3)cs2)ccc1F. The monoisotopic (exact) mass is 383 g/mol. The second-order valence-corrected chi connectivity index (χ2v) is 8.64. The molecule has 8 heteroatoms. The maximum atomic E-state index is 13.3. The number of thiophene rings is 1. The van der Waals surface area contributed by atoms with E-state index in [4.69, 9.17) is 4.74 Å². The van der Waals surface area contributed by atoms with Gasteiger partial charge in [0.2, 0.25) is 10.0 Å². The molecule has 0 aliphatic carbocycles. The Morgan fingerprint density at radius 1 is 1.40 bits per heavy atom. The second-order valence-electron chi connectivity index (χ2n) is 6.01. The van der Waals surface area contributed by atoms with Gasteiger partial charge in [-0.25, -0.2) is 17.5 Å². The van der Waals surface area contributed by atoms with Crippen molar-refractivity contribution in [2.24, 2.45) is 0 Å². The van der Waals surface area contributed by atoms with Crippen LogP contribution in [0.25, 0.3) is 0 Å². The topological polar surface area (TPSA) is 72.5 Å². The van der Waals surface area contributed by atoms with Crippen LogP contribution in [0.5, 0.6) is 0 Å². The van der Waals surface area contributed by atoms with Crippen LogP contribution in [0.1, 0.15) is 27.2 Å². The molecule has 1 fully saturated rings. The van der Waals surface area contributed by atoms with E-state index in [1.54, 1.807) is 19.1 Å². The minimum absolute atomic E-state index is 0.0861. The number of aryl methyl sites for hydroxylation is 1. The first kappa shape index (κ1) is 18.2. The summed E-state index contributed by atoms with van der Waals surface area (Å²) in [6.45, 7) is 2.54. The average Bonchev–Trinajstić information content (AvgIpc) is 3.22. The molecule has 25 heavy (non-hydrogen) atoms. The Balaban J connectivity index is 1.71. The van der Waals surface area contributed by atoms with Crippen LogP contribution in [0, 0.1) is 12.7 Å². The Kier molecular flexibility index (Phi) is 5.33. The maximum absolute atomic E-state index is 13.3. The summed E-state index contributed by atoms with van der Waals surface area (Å²) in [4.78, 5) is 12.8. The highest BCUT2D eigenvalue weighted by Gasteiger charge is 2.25. The molecule has 0 unspecified atom stereocenters. The fourth-order valence-corrected chi connectivity index (χ4v) is 5.08. The number of carbonyl (C=O) groups is 1. The third kappa shape index (κ3) is 4.33. The van der Waals surface area contributed by atoms with Gasteiger partial charge in [0.05, 0.1) is 16.4 Å². The largest absolute Gasteiger partial charge is 0.380 e. The third-order valence-corrected chi connectivity index (χ3v) is 6.62. The zero-order valence-corrected chi connectivity index (χ0v) is 15.3. The summed E-state index contributed by atoms with van der Waals surface area (Å²) >= 11 is 1.09. The molecule has 0 bridgehead atoms. The number of Topliss-reactive ketones (excluding diaryl/α,β-unsaturated/α-hetero) is 1. The van der Waals surface area contributed by atoms with Gasteiger partial charge in [0, 0.05) is 24.4 Å². The molecule has 1 aliphatic heterocycles. The molecule has 2 aromatic rings. The second kappa shape index (κ2) is 7.33. The van der Waals surface area contributed by atoms with E-state index < -0.39 is 10.0 Å². The predicted molar refractivity (Wildman–Crippen MR) is 93.0 cm³/mol. The quantitative estimate of drug-likeness (QED) is 0.779. The Morgan fingerprint density at radius 2 is 2.20 bits per heavy atom. The minimum Gasteiger partial charge on any atom is -0.380 e. The fourth-order valence-electron chi connectivity index (χ4n) is 2.61. The molecule has 1 aromatic heterocycles. The average molecular weight is 383 g/mol. The highest BCUT2D eigenvalue weighted by atomic mass is 32.2. The molecular weight excluding hydrogens is 365 g/mol. The Hall–Kier alpha value is -1.61. The summed E-state index contributed by atoms with van der Waals surface area (Å²) in [5.74, 6) is -0.510. The molecular formula is C17H18FNO4S2. The summed E-state index contributed by atoms with van der Waals surface area (Å²) in [6, 6.07) is 5.68. The molecule has 0 radical (unpaired) electrons. The molecule has 2 heterocycles. The van der Waals surface area contributed by atoms with Crippen molar-refractivity contribution in [3.8, 4) is 0 Å². The van der Waals surface area contributed by atoms with E-state index in [1.807, 2.05) is 0 Å². The van der Waals surface area contributed by atoms with Gasteiger partial charge in [-0.3, -0.25) is 4.79 Å². The lowest BCUT2D eigenvalue weighted by atomic mass is 10.1. The molecule has 1 saturated heterocycles. The molecule has 3 rings (SSSR count). The first-order valence-electron chi connectivity index (χ1n) is 7.82. The van der Waals surface area contributed by atoms with Gasteiger partial charge in [0.25, 0.3) is 0 Å². The molecule has 134 valence electrons. The van der Waals surface area contributed by atoms with Gasteiger partial charge >= 0.3 is 0 Å². The zero-order chi connectivity index (χ0) is 18.0. The molecule has 1 N–H and O–H groups in total. The molecule has 0 amide bonds. The van der Waals surface area contributed by atoms with Crippen LogP contribution in [0.2, 0.25) is 0 Å². The van der Waals surface area contributed by atoms with Gasteiger partial charge in [0.15, 0.2) is 5.78 Å². The summed E-state index contributed by atoms with van der Waals surface area (Å²) in [5.41, 5.74) is 1.17. The lowest BCUT2D eigenvalue weighted by Crippen LogP contribution is -2.34. The first-order valence-corrected chi connectivity index (χ1v) is 10.2. The summed E-state index contributed by atoms with van der Waals surface area (Å²) < 4.78 is 45.7. The van der Waals surface area contributed by atoms with Gasteiger partial charge in [-0.1, -0.05) is 12.1 Å². The lowest BCUT2D eigenvalue weighted by Gasteiger charge is -2.09. The smallest absolute Gasteiger partial charge is 0.241 e. The number of hydrogen-bond acceptors (Lipinski definition) is 5. The Labute approximate surface area is 149 Å². The summed E-state index contributed by atoms with van der Waals surface area (Å²) in [6.07, 6.45) is 0.740. The van der Waals surface area contributed by atoms with Gasteiger partial charge in [-0.2, -0.15) is 0 Å². The summed E-state index contributed by atoms with van der Waals surface area (Å²) in [5, 5.41) is 1.46. The molecule has 5 nitrogen and oxygen atoms in total. The minimum atomic E-state index is -3.66. The standard InChI is InChI=1S/C17H18FNO4S2/c1-11-6-12(2-3-15(11)18)7-16(20)17-8-14(10-24-17)25(21,22)19-13-4-5-23-9-13/h2-3,6,8,10,13,19H,4-5,7,9H2,1H3/t13-/m0/s1. The van der Waals surface area contributed by atoms with Crippen molar-refractivity contribution in [2.75, 3.05) is 13.2 Å². The number of hydrogen-bond donors (Lipinski definition) is 1. The van der Waals surface area contributed by atoms with E-state index >= 15 is 0 Å². The van der Waals surface area contributed by atoms with Crippen LogP contribution in [-0.2, 0) is 21.2 Å². The number of ketones is 1. The van der Waals surface area contributed by atoms with Crippen LogP contribution in [-0.4, -0.2) is 33.5 Å². The highest BCUT2D eigenvalue weighted by Crippen LogP contribution is 2.22. The normalized spacial score (nSPS) is 17.8.